The minimum Gasteiger partial charge on any atom is -0.495 e. The maximum atomic E-state index is 12.8. The number of anilines is 1. The van der Waals surface area contributed by atoms with Crippen LogP contribution in [0.15, 0.2) is 50.7 Å². The number of rotatable bonds is 8. The Morgan fingerprint density at radius 1 is 1.32 bits per heavy atom. The number of aryl methyl sites for hydroxylation is 1. The molecule has 0 saturated carbocycles. The first-order chi connectivity index (χ1) is 13.6. The molecule has 9 heteroatoms. The summed E-state index contributed by atoms with van der Waals surface area (Å²) in [5.41, 5.74) is 1.33. The fourth-order valence-electron chi connectivity index (χ4n) is 2.58. The van der Waals surface area contributed by atoms with Crippen LogP contribution in [0.3, 0.4) is 0 Å². The first-order valence-electron chi connectivity index (χ1n) is 8.45. The average molecular weight is 398 g/mol. The van der Waals surface area contributed by atoms with Gasteiger partial charge >= 0.3 is 0 Å². The number of para-hydroxylation sites is 2. The predicted octanol–water partition coefficient (Wildman–Crippen LogP) is 3.69. The Morgan fingerprint density at radius 2 is 2.14 bits per heavy atom. The molecule has 8 nitrogen and oxygen atoms in total. The molecule has 0 aliphatic rings. The Bertz CT molecular complexity index is 992. The molecule has 0 bridgehead atoms. The van der Waals surface area contributed by atoms with E-state index in [-0.39, 0.29) is 29.8 Å². The highest BCUT2D eigenvalue weighted by Gasteiger charge is 2.21. The average Bonchev–Trinajstić information content (AvgIpc) is 3.35. The fraction of sp³-hybridized carbons (Fsp3) is 0.263. The topological polar surface area (TPSA) is 105 Å². The van der Waals surface area contributed by atoms with E-state index in [1.54, 1.807) is 38.5 Å². The van der Waals surface area contributed by atoms with Crippen LogP contribution in [0.25, 0.3) is 11.5 Å². The van der Waals surface area contributed by atoms with Crippen molar-refractivity contribution in [3.8, 4) is 23.3 Å². The summed E-state index contributed by atoms with van der Waals surface area (Å²) in [6, 6.07) is 11.0. The Kier molecular flexibility index (Phi) is 6.34. The largest absolute Gasteiger partial charge is 0.495 e. The van der Waals surface area contributed by atoms with Crippen molar-refractivity contribution in [3.63, 3.8) is 0 Å². The molecule has 0 unspecified atom stereocenters. The van der Waals surface area contributed by atoms with Gasteiger partial charge in [0.15, 0.2) is 0 Å². The molecular formula is C19H18N4O4S. The zero-order chi connectivity index (χ0) is 19.9. The van der Waals surface area contributed by atoms with Gasteiger partial charge in [-0.1, -0.05) is 23.9 Å². The van der Waals surface area contributed by atoms with Crippen LogP contribution < -0.4 is 9.64 Å². The third kappa shape index (κ3) is 4.35. The van der Waals surface area contributed by atoms with Gasteiger partial charge in [0.2, 0.25) is 5.91 Å². The molecule has 1 amide bonds. The Balaban J connectivity index is 1.71. The van der Waals surface area contributed by atoms with E-state index in [0.29, 0.717) is 23.1 Å². The fourth-order valence-corrected chi connectivity index (χ4v) is 3.22. The summed E-state index contributed by atoms with van der Waals surface area (Å²) < 4.78 is 16.2. The molecule has 3 rings (SSSR count). The van der Waals surface area contributed by atoms with Crippen molar-refractivity contribution in [2.24, 2.45) is 0 Å². The SMILES string of the molecule is COc1ccccc1N(CCC#N)C(=O)CSc1nnc(-c2ccoc2C)o1. The predicted molar refractivity (Wildman–Crippen MR) is 103 cm³/mol. The molecule has 144 valence electrons. The number of thioether (sulfide) groups is 1. The molecule has 0 spiro atoms. The van der Waals surface area contributed by atoms with E-state index >= 15 is 0 Å². The summed E-state index contributed by atoms with van der Waals surface area (Å²) in [7, 11) is 1.54. The summed E-state index contributed by atoms with van der Waals surface area (Å²) in [6.45, 7) is 2.07. The summed E-state index contributed by atoms with van der Waals surface area (Å²) in [5, 5.41) is 17.2. The number of hydrogen-bond acceptors (Lipinski definition) is 8. The van der Waals surface area contributed by atoms with Gasteiger partial charge in [0, 0.05) is 6.54 Å². The van der Waals surface area contributed by atoms with Gasteiger partial charge in [0.05, 0.1) is 42.9 Å². The van der Waals surface area contributed by atoms with E-state index in [0.717, 1.165) is 17.3 Å². The number of hydrogen-bond donors (Lipinski definition) is 0. The number of furan rings is 1. The van der Waals surface area contributed by atoms with Crippen molar-refractivity contribution in [2.75, 3.05) is 24.3 Å². The van der Waals surface area contributed by atoms with Crippen LogP contribution in [0.2, 0.25) is 0 Å². The second-order valence-corrected chi connectivity index (χ2v) is 6.60. The standard InChI is InChI=1S/C19H18N4O4S/c1-13-14(8-11-26-13)18-21-22-19(27-18)28-12-17(24)23(10-5-9-20)15-6-3-4-7-16(15)25-2/h3-4,6-8,11H,5,10,12H2,1-2H3. The number of methoxy groups -OCH3 is 1. The number of carbonyl (C=O) groups is 1. The Morgan fingerprint density at radius 3 is 2.86 bits per heavy atom. The molecule has 0 atom stereocenters. The molecule has 0 N–H and O–H groups in total. The molecule has 2 aromatic heterocycles. The first kappa shape index (κ1) is 19.5. The van der Waals surface area contributed by atoms with Crippen molar-refractivity contribution >= 4 is 23.4 Å². The molecule has 3 aromatic rings. The molecule has 1 aromatic carbocycles. The van der Waals surface area contributed by atoms with E-state index in [1.807, 2.05) is 12.1 Å². The van der Waals surface area contributed by atoms with E-state index in [9.17, 15) is 4.79 Å². The molecule has 0 aliphatic heterocycles. The lowest BCUT2D eigenvalue weighted by molar-refractivity contribution is -0.116. The first-order valence-corrected chi connectivity index (χ1v) is 9.43. The van der Waals surface area contributed by atoms with Gasteiger partial charge in [-0.05, 0) is 25.1 Å². The van der Waals surface area contributed by atoms with Gasteiger partial charge in [0.1, 0.15) is 11.5 Å². The van der Waals surface area contributed by atoms with Crippen LogP contribution in [-0.2, 0) is 4.79 Å². The molecule has 0 fully saturated rings. The van der Waals surface area contributed by atoms with Gasteiger partial charge < -0.3 is 18.5 Å². The summed E-state index contributed by atoms with van der Waals surface area (Å²) in [4.78, 5) is 14.4. The zero-order valence-corrected chi connectivity index (χ0v) is 16.2. The van der Waals surface area contributed by atoms with Crippen molar-refractivity contribution < 1.29 is 18.4 Å². The van der Waals surface area contributed by atoms with Crippen molar-refractivity contribution in [1.82, 2.24) is 10.2 Å². The molecule has 0 radical (unpaired) electrons. The van der Waals surface area contributed by atoms with Crippen LogP contribution in [0, 0.1) is 18.3 Å². The Labute approximate surface area is 166 Å². The van der Waals surface area contributed by atoms with E-state index < -0.39 is 0 Å². The number of carbonyl (C=O) groups excluding carboxylic acids is 1. The minimum atomic E-state index is -0.191. The number of nitrogens with zero attached hydrogens (tertiary/aromatic N) is 4. The van der Waals surface area contributed by atoms with Crippen LogP contribution in [0.1, 0.15) is 12.2 Å². The molecular weight excluding hydrogens is 380 g/mol. The van der Waals surface area contributed by atoms with Gasteiger partial charge in [-0.3, -0.25) is 4.79 Å². The third-order valence-corrected chi connectivity index (χ3v) is 4.74. The lowest BCUT2D eigenvalue weighted by atomic mass is 10.2. The quantitative estimate of drug-likeness (QED) is 0.529. The van der Waals surface area contributed by atoms with Crippen LogP contribution >= 0.6 is 11.8 Å². The second-order valence-electron chi connectivity index (χ2n) is 5.68. The molecule has 0 aliphatic carbocycles. The highest BCUT2D eigenvalue weighted by molar-refractivity contribution is 7.99. The second kappa shape index (κ2) is 9.10. The van der Waals surface area contributed by atoms with Gasteiger partial charge in [0.25, 0.3) is 11.1 Å². The van der Waals surface area contributed by atoms with E-state index in [4.69, 9.17) is 18.8 Å². The number of aromatic nitrogens is 2. The highest BCUT2D eigenvalue weighted by Crippen LogP contribution is 2.30. The van der Waals surface area contributed by atoms with E-state index in [2.05, 4.69) is 16.3 Å². The monoisotopic (exact) mass is 398 g/mol. The summed E-state index contributed by atoms with van der Waals surface area (Å²) >= 11 is 1.14. The van der Waals surface area contributed by atoms with E-state index in [1.165, 1.54) is 4.90 Å². The number of nitriles is 1. The van der Waals surface area contributed by atoms with Crippen LogP contribution in [0.5, 0.6) is 5.75 Å². The van der Waals surface area contributed by atoms with Crippen molar-refractivity contribution in [3.05, 3.63) is 42.4 Å². The van der Waals surface area contributed by atoms with Gasteiger partial charge in [-0.2, -0.15) is 5.26 Å². The highest BCUT2D eigenvalue weighted by atomic mass is 32.2. The zero-order valence-electron chi connectivity index (χ0n) is 15.4. The number of ether oxygens (including phenoxy) is 1. The summed E-state index contributed by atoms with van der Waals surface area (Å²) in [5.74, 6) is 1.47. The number of amides is 1. The minimum absolute atomic E-state index is 0.0788. The Hall–Kier alpha value is -3.25. The normalized spacial score (nSPS) is 10.5. The van der Waals surface area contributed by atoms with Crippen LogP contribution in [-0.4, -0.2) is 35.5 Å². The lowest BCUT2D eigenvalue weighted by Crippen LogP contribution is -2.33. The van der Waals surface area contributed by atoms with Crippen molar-refractivity contribution in [1.29, 1.82) is 5.26 Å². The smallest absolute Gasteiger partial charge is 0.277 e. The maximum absolute atomic E-state index is 12.8. The molecule has 28 heavy (non-hydrogen) atoms. The number of benzene rings is 1. The lowest BCUT2D eigenvalue weighted by Gasteiger charge is -2.23. The molecule has 2 heterocycles. The van der Waals surface area contributed by atoms with Gasteiger partial charge in [-0.15, -0.1) is 10.2 Å². The summed E-state index contributed by atoms with van der Waals surface area (Å²) in [6.07, 6.45) is 1.75. The van der Waals surface area contributed by atoms with Crippen LogP contribution in [0.4, 0.5) is 5.69 Å². The maximum Gasteiger partial charge on any atom is 0.277 e. The van der Waals surface area contributed by atoms with Gasteiger partial charge in [-0.25, -0.2) is 0 Å². The van der Waals surface area contributed by atoms with Crippen molar-refractivity contribution in [2.45, 2.75) is 18.6 Å². The molecule has 0 saturated heterocycles. The third-order valence-electron chi connectivity index (χ3n) is 3.94.